The van der Waals surface area contributed by atoms with Gasteiger partial charge in [-0.15, -0.1) is 0 Å². The lowest BCUT2D eigenvalue weighted by atomic mass is 9.93. The average Bonchev–Trinajstić information content (AvgIpc) is 2.31. The summed E-state index contributed by atoms with van der Waals surface area (Å²) in [6, 6.07) is 9.02. The van der Waals surface area contributed by atoms with Crippen molar-refractivity contribution in [1.29, 1.82) is 0 Å². The Labute approximate surface area is 95.4 Å². The first-order valence-corrected chi connectivity index (χ1v) is 5.45. The number of hydrogen-bond acceptors (Lipinski definition) is 3. The minimum absolute atomic E-state index is 0.107. The van der Waals surface area contributed by atoms with Crippen molar-refractivity contribution in [2.75, 3.05) is 6.61 Å². The van der Waals surface area contributed by atoms with Crippen molar-refractivity contribution >= 4 is 11.8 Å². The van der Waals surface area contributed by atoms with Crippen LogP contribution >= 0.6 is 0 Å². The molecule has 3 nitrogen and oxygen atoms in total. The van der Waals surface area contributed by atoms with Crippen LogP contribution in [0.1, 0.15) is 31.7 Å². The third-order valence-corrected chi connectivity index (χ3v) is 2.33. The molecular formula is C13H16O3. The van der Waals surface area contributed by atoms with Gasteiger partial charge in [-0.2, -0.15) is 0 Å². The molecule has 0 radical (unpaired) electrons. The summed E-state index contributed by atoms with van der Waals surface area (Å²) in [6.45, 7) is 3.77. The number of rotatable bonds is 5. The number of hydrogen-bond donors (Lipinski definition) is 0. The van der Waals surface area contributed by atoms with E-state index in [9.17, 15) is 9.59 Å². The molecule has 0 aromatic heterocycles. The summed E-state index contributed by atoms with van der Waals surface area (Å²) in [7, 11) is 0. The molecule has 0 N–H and O–H groups in total. The van der Waals surface area contributed by atoms with Gasteiger partial charge >= 0.3 is 5.97 Å². The quantitative estimate of drug-likeness (QED) is 0.565. The minimum Gasteiger partial charge on any atom is -0.465 e. The highest BCUT2D eigenvalue weighted by Crippen LogP contribution is 2.19. The van der Waals surface area contributed by atoms with Gasteiger partial charge in [0.15, 0.2) is 5.78 Å². The van der Waals surface area contributed by atoms with Crippen molar-refractivity contribution in [3.63, 3.8) is 0 Å². The molecule has 0 unspecified atom stereocenters. The number of Topliss-reactive ketones (excluding diaryl/α,β-unsaturated/α-hetero) is 1. The first kappa shape index (κ1) is 12.4. The van der Waals surface area contributed by atoms with Gasteiger partial charge in [0, 0.05) is 6.42 Å². The topological polar surface area (TPSA) is 43.4 Å². The van der Waals surface area contributed by atoms with E-state index < -0.39 is 11.9 Å². The van der Waals surface area contributed by atoms with E-state index in [-0.39, 0.29) is 5.78 Å². The zero-order chi connectivity index (χ0) is 12.0. The first-order chi connectivity index (χ1) is 7.70. The molecule has 0 saturated heterocycles. The second-order valence-electron chi connectivity index (χ2n) is 3.42. The molecule has 0 aliphatic carbocycles. The molecule has 0 fully saturated rings. The Kier molecular flexibility index (Phi) is 4.70. The molecule has 1 aromatic rings. The van der Waals surface area contributed by atoms with Crippen LogP contribution in [0.5, 0.6) is 0 Å². The number of carbonyl (C=O) groups is 2. The van der Waals surface area contributed by atoms with Gasteiger partial charge in [-0.1, -0.05) is 37.3 Å². The van der Waals surface area contributed by atoms with E-state index >= 15 is 0 Å². The number of carbonyl (C=O) groups excluding carboxylic acids is 2. The number of esters is 1. The number of benzene rings is 1. The van der Waals surface area contributed by atoms with Crippen LogP contribution in [0.25, 0.3) is 0 Å². The molecular weight excluding hydrogens is 204 g/mol. The van der Waals surface area contributed by atoms with Crippen molar-refractivity contribution in [3.05, 3.63) is 35.9 Å². The zero-order valence-corrected chi connectivity index (χ0v) is 9.60. The maximum atomic E-state index is 11.7. The third kappa shape index (κ3) is 2.92. The number of ether oxygens (including phenoxy) is 1. The van der Waals surface area contributed by atoms with Gasteiger partial charge in [0.1, 0.15) is 5.92 Å². The Bertz CT molecular complexity index is 357. The predicted molar refractivity (Wildman–Crippen MR) is 61.1 cm³/mol. The molecule has 0 aliphatic rings. The van der Waals surface area contributed by atoms with Crippen LogP contribution in [0.3, 0.4) is 0 Å². The van der Waals surface area contributed by atoms with Gasteiger partial charge in [-0.05, 0) is 12.5 Å². The summed E-state index contributed by atoms with van der Waals surface area (Å²) < 4.78 is 4.92. The molecule has 0 aliphatic heterocycles. The van der Waals surface area contributed by atoms with Crippen LogP contribution in [-0.2, 0) is 14.3 Å². The van der Waals surface area contributed by atoms with E-state index in [4.69, 9.17) is 4.74 Å². The van der Waals surface area contributed by atoms with Crippen molar-refractivity contribution < 1.29 is 14.3 Å². The molecule has 1 rings (SSSR count). The fourth-order valence-corrected chi connectivity index (χ4v) is 1.53. The minimum atomic E-state index is -0.772. The maximum Gasteiger partial charge on any atom is 0.321 e. The van der Waals surface area contributed by atoms with E-state index in [2.05, 4.69) is 0 Å². The van der Waals surface area contributed by atoms with Crippen LogP contribution in [-0.4, -0.2) is 18.4 Å². The largest absolute Gasteiger partial charge is 0.465 e. The predicted octanol–water partition coefficient (Wildman–Crippen LogP) is 2.31. The molecule has 0 amide bonds. The van der Waals surface area contributed by atoms with Gasteiger partial charge in [0.2, 0.25) is 0 Å². The summed E-state index contributed by atoms with van der Waals surface area (Å²) >= 11 is 0. The Balaban J connectivity index is 2.97. The summed E-state index contributed by atoms with van der Waals surface area (Å²) in [6.07, 6.45) is 0.332. The Hall–Kier alpha value is -1.64. The van der Waals surface area contributed by atoms with Crippen LogP contribution < -0.4 is 0 Å². The van der Waals surface area contributed by atoms with Gasteiger partial charge in [-0.25, -0.2) is 0 Å². The van der Waals surface area contributed by atoms with Gasteiger partial charge in [0.25, 0.3) is 0 Å². The Morgan fingerprint density at radius 1 is 1.19 bits per heavy atom. The van der Waals surface area contributed by atoms with Crippen molar-refractivity contribution in [2.24, 2.45) is 0 Å². The van der Waals surface area contributed by atoms with Crippen LogP contribution in [0.15, 0.2) is 30.3 Å². The maximum absolute atomic E-state index is 11.7. The molecule has 1 aromatic carbocycles. The summed E-state index contributed by atoms with van der Waals surface area (Å²) in [4.78, 5) is 23.4. The molecule has 3 heteroatoms. The van der Waals surface area contributed by atoms with Crippen LogP contribution in [0, 0.1) is 0 Å². The monoisotopic (exact) mass is 220 g/mol. The lowest BCUT2D eigenvalue weighted by Crippen LogP contribution is -2.23. The van der Waals surface area contributed by atoms with Crippen molar-refractivity contribution in [2.45, 2.75) is 26.2 Å². The summed E-state index contributed by atoms with van der Waals surface area (Å²) in [5, 5.41) is 0. The lowest BCUT2D eigenvalue weighted by molar-refractivity contribution is -0.147. The highest BCUT2D eigenvalue weighted by molar-refractivity contribution is 6.04. The van der Waals surface area contributed by atoms with Crippen LogP contribution in [0.2, 0.25) is 0 Å². The van der Waals surface area contributed by atoms with Crippen molar-refractivity contribution in [3.8, 4) is 0 Å². The average molecular weight is 220 g/mol. The fraction of sp³-hybridized carbons (Fsp3) is 0.385. The third-order valence-electron chi connectivity index (χ3n) is 2.33. The molecule has 86 valence electrons. The number of ketones is 1. The lowest BCUT2D eigenvalue weighted by Gasteiger charge is -2.13. The Morgan fingerprint density at radius 2 is 1.81 bits per heavy atom. The standard InChI is InChI=1S/C13H16O3/c1-3-11(14)12(13(15)16-4-2)10-8-6-5-7-9-10/h5-9,12H,3-4H2,1-2H3/t12-/m0/s1. The van der Waals surface area contributed by atoms with E-state index in [1.165, 1.54) is 0 Å². The first-order valence-electron chi connectivity index (χ1n) is 5.45. The van der Waals surface area contributed by atoms with E-state index in [0.717, 1.165) is 0 Å². The smallest absolute Gasteiger partial charge is 0.321 e. The highest BCUT2D eigenvalue weighted by atomic mass is 16.5. The van der Waals surface area contributed by atoms with Gasteiger partial charge in [-0.3, -0.25) is 9.59 Å². The molecule has 0 heterocycles. The molecule has 0 saturated carbocycles. The second-order valence-corrected chi connectivity index (χ2v) is 3.42. The second kappa shape index (κ2) is 6.05. The SMILES string of the molecule is CCOC(=O)[C@H](C(=O)CC)c1ccccc1. The molecule has 0 spiro atoms. The fourth-order valence-electron chi connectivity index (χ4n) is 1.53. The van der Waals surface area contributed by atoms with E-state index in [1.807, 2.05) is 18.2 Å². The van der Waals surface area contributed by atoms with Gasteiger partial charge < -0.3 is 4.74 Å². The highest BCUT2D eigenvalue weighted by Gasteiger charge is 2.27. The van der Waals surface area contributed by atoms with E-state index in [0.29, 0.717) is 18.6 Å². The zero-order valence-electron chi connectivity index (χ0n) is 9.60. The Morgan fingerprint density at radius 3 is 2.31 bits per heavy atom. The summed E-state index contributed by atoms with van der Waals surface area (Å²) in [5.74, 6) is -1.34. The summed E-state index contributed by atoms with van der Waals surface area (Å²) in [5.41, 5.74) is 0.702. The van der Waals surface area contributed by atoms with E-state index in [1.54, 1.807) is 26.0 Å². The molecule has 16 heavy (non-hydrogen) atoms. The normalized spacial score (nSPS) is 11.9. The molecule has 0 bridgehead atoms. The van der Waals surface area contributed by atoms with Crippen LogP contribution in [0.4, 0.5) is 0 Å². The molecule has 1 atom stereocenters. The van der Waals surface area contributed by atoms with Crippen molar-refractivity contribution in [1.82, 2.24) is 0 Å². The van der Waals surface area contributed by atoms with Gasteiger partial charge in [0.05, 0.1) is 6.61 Å².